The van der Waals surface area contributed by atoms with Gasteiger partial charge in [0.1, 0.15) is 10.6 Å². The summed E-state index contributed by atoms with van der Waals surface area (Å²) < 4.78 is 6.25. The number of alkyl halides is 1. The van der Waals surface area contributed by atoms with Crippen molar-refractivity contribution in [2.45, 2.75) is 62.8 Å². The molecule has 6 heteroatoms. The van der Waals surface area contributed by atoms with E-state index in [0.29, 0.717) is 17.9 Å². The van der Waals surface area contributed by atoms with E-state index in [1.807, 2.05) is 6.07 Å². The number of benzene rings is 1. The number of aliphatic hydroxyl groups excluding tert-OH is 1. The summed E-state index contributed by atoms with van der Waals surface area (Å²) >= 11 is 7.94. The van der Waals surface area contributed by atoms with Gasteiger partial charge in [-0.15, -0.1) is 22.9 Å². The van der Waals surface area contributed by atoms with Crippen LogP contribution in [0.5, 0.6) is 5.75 Å². The first-order valence-electron chi connectivity index (χ1n) is 10.9. The molecule has 2 aliphatic carbocycles. The largest absolute Gasteiger partial charge is 0.493 e. The first-order valence-corrected chi connectivity index (χ1v) is 12.2. The van der Waals surface area contributed by atoms with Gasteiger partial charge in [0.25, 0.3) is 0 Å². The first kappa shape index (κ1) is 21.7. The molecule has 1 heterocycles. The molecule has 2 aromatic rings. The van der Waals surface area contributed by atoms with Gasteiger partial charge in [0, 0.05) is 16.2 Å². The number of hydrogen-bond donors (Lipinski definition) is 2. The first-order chi connectivity index (χ1) is 14.5. The molecule has 1 saturated carbocycles. The van der Waals surface area contributed by atoms with Crippen LogP contribution in [0.2, 0.25) is 0 Å². The molecule has 0 aliphatic heterocycles. The zero-order valence-electron chi connectivity index (χ0n) is 17.1. The van der Waals surface area contributed by atoms with Crippen molar-refractivity contribution in [3.05, 3.63) is 51.2 Å². The molecule has 0 saturated heterocycles. The third kappa shape index (κ3) is 4.84. The monoisotopic (exact) mass is 448 g/mol. The molecule has 0 amide bonds. The maximum Gasteiger partial charge on any atom is 0.345 e. The summed E-state index contributed by atoms with van der Waals surface area (Å²) in [5.74, 6) is 0.340. The van der Waals surface area contributed by atoms with Crippen LogP contribution in [0.25, 0.3) is 0 Å². The number of thiophene rings is 1. The van der Waals surface area contributed by atoms with Crippen LogP contribution in [0.1, 0.15) is 57.8 Å². The van der Waals surface area contributed by atoms with Gasteiger partial charge in [-0.3, -0.25) is 0 Å². The van der Waals surface area contributed by atoms with Crippen LogP contribution < -0.4 is 4.74 Å². The molecule has 162 valence electrons. The molecule has 30 heavy (non-hydrogen) atoms. The Bertz CT molecular complexity index is 880. The number of hydrogen-bond acceptors (Lipinski definition) is 4. The van der Waals surface area contributed by atoms with Gasteiger partial charge in [-0.05, 0) is 86.6 Å². The fraction of sp³-hybridized carbons (Fsp3) is 0.542. The maximum atomic E-state index is 11.0. The number of aryl methyl sites for hydroxylation is 2. The van der Waals surface area contributed by atoms with E-state index in [4.69, 9.17) is 21.4 Å². The van der Waals surface area contributed by atoms with Crippen LogP contribution in [-0.2, 0) is 19.3 Å². The number of rotatable bonds is 8. The van der Waals surface area contributed by atoms with Gasteiger partial charge < -0.3 is 14.9 Å². The zero-order valence-corrected chi connectivity index (χ0v) is 18.6. The van der Waals surface area contributed by atoms with Gasteiger partial charge in [0.15, 0.2) is 0 Å². The lowest BCUT2D eigenvalue weighted by Gasteiger charge is -2.25. The van der Waals surface area contributed by atoms with Crippen LogP contribution in [0.3, 0.4) is 0 Å². The third-order valence-corrected chi connectivity index (χ3v) is 8.23. The molecule has 4 atom stereocenters. The second-order valence-corrected chi connectivity index (χ2v) is 10.3. The van der Waals surface area contributed by atoms with Crippen LogP contribution >= 0.6 is 22.9 Å². The van der Waals surface area contributed by atoms with Crippen molar-refractivity contribution >= 4 is 28.9 Å². The van der Waals surface area contributed by atoms with E-state index in [1.54, 1.807) is 6.07 Å². The summed E-state index contributed by atoms with van der Waals surface area (Å²) in [5.41, 5.74) is 2.73. The number of aliphatic hydroxyl groups is 1. The second-order valence-electron chi connectivity index (χ2n) is 8.52. The Morgan fingerprint density at radius 2 is 2.00 bits per heavy atom. The van der Waals surface area contributed by atoms with E-state index in [0.717, 1.165) is 42.7 Å². The fourth-order valence-electron chi connectivity index (χ4n) is 4.97. The van der Waals surface area contributed by atoms with Crippen molar-refractivity contribution in [3.63, 3.8) is 0 Å². The number of carboxylic acids is 1. The minimum atomic E-state index is -0.869. The lowest BCUT2D eigenvalue weighted by molar-refractivity contribution is 0.0701. The summed E-state index contributed by atoms with van der Waals surface area (Å²) in [6.07, 6.45) is 7.49. The van der Waals surface area contributed by atoms with Gasteiger partial charge in [-0.25, -0.2) is 4.79 Å². The minimum Gasteiger partial charge on any atom is -0.493 e. The lowest BCUT2D eigenvalue weighted by atomic mass is 9.89. The van der Waals surface area contributed by atoms with Crippen molar-refractivity contribution in [2.24, 2.45) is 11.8 Å². The summed E-state index contributed by atoms with van der Waals surface area (Å²) in [7, 11) is 0. The molecular formula is C24H29ClO4S. The third-order valence-electron chi connectivity index (χ3n) is 6.59. The number of carbonyl (C=O) groups is 1. The molecule has 2 aliphatic rings. The number of fused-ring (bicyclic) bond motifs is 1. The van der Waals surface area contributed by atoms with E-state index in [-0.39, 0.29) is 17.2 Å². The molecule has 0 unspecified atom stereocenters. The van der Waals surface area contributed by atoms with Crippen molar-refractivity contribution in [3.8, 4) is 5.75 Å². The number of ether oxygens (including phenoxy) is 1. The average molecular weight is 449 g/mol. The number of carboxylic acid groups (broad SMARTS) is 1. The van der Waals surface area contributed by atoms with Crippen molar-refractivity contribution < 1.29 is 19.7 Å². The highest BCUT2D eigenvalue weighted by atomic mass is 35.5. The van der Waals surface area contributed by atoms with Crippen molar-refractivity contribution in [1.82, 2.24) is 0 Å². The van der Waals surface area contributed by atoms with E-state index in [1.165, 1.54) is 35.3 Å². The molecule has 0 radical (unpaired) electrons. The summed E-state index contributed by atoms with van der Waals surface area (Å²) in [6, 6.07) is 9.89. The topological polar surface area (TPSA) is 66.8 Å². The van der Waals surface area contributed by atoms with Crippen LogP contribution in [0, 0.1) is 11.8 Å². The highest BCUT2D eigenvalue weighted by Gasteiger charge is 2.41. The predicted octanol–water partition coefficient (Wildman–Crippen LogP) is 5.33. The Balaban J connectivity index is 1.35. The van der Waals surface area contributed by atoms with Crippen LogP contribution in [0.15, 0.2) is 30.3 Å². The average Bonchev–Trinajstić information content (AvgIpc) is 3.31. The Labute approximate surface area is 186 Å². The van der Waals surface area contributed by atoms with Crippen molar-refractivity contribution in [2.75, 3.05) is 6.61 Å². The highest BCUT2D eigenvalue weighted by molar-refractivity contribution is 7.13. The Morgan fingerprint density at radius 3 is 2.80 bits per heavy atom. The summed E-state index contributed by atoms with van der Waals surface area (Å²) in [4.78, 5) is 12.5. The predicted molar refractivity (Wildman–Crippen MR) is 120 cm³/mol. The van der Waals surface area contributed by atoms with E-state index < -0.39 is 12.1 Å². The molecule has 1 aromatic carbocycles. The van der Waals surface area contributed by atoms with Gasteiger partial charge in [-0.2, -0.15) is 0 Å². The SMILES string of the molecule is O=C(O)c1ccc(CCC[C@@H]2[C@@H](COc3cccc4c3CCCC4)[C@H](O)C[C@H]2Cl)s1. The normalized spacial score (nSPS) is 25.8. The Morgan fingerprint density at radius 1 is 1.17 bits per heavy atom. The lowest BCUT2D eigenvalue weighted by Crippen LogP contribution is -2.27. The van der Waals surface area contributed by atoms with Gasteiger partial charge >= 0.3 is 5.97 Å². The Hall–Kier alpha value is -1.56. The van der Waals surface area contributed by atoms with E-state index in [2.05, 4.69) is 18.2 Å². The summed E-state index contributed by atoms with van der Waals surface area (Å²) in [6.45, 7) is 0.494. The van der Waals surface area contributed by atoms with E-state index in [9.17, 15) is 9.90 Å². The number of halogens is 1. The Kier molecular flexibility index (Phi) is 7.01. The highest BCUT2D eigenvalue weighted by Crippen LogP contribution is 2.40. The second kappa shape index (κ2) is 9.71. The molecule has 1 fully saturated rings. The van der Waals surface area contributed by atoms with Gasteiger partial charge in [0.2, 0.25) is 0 Å². The minimum absolute atomic E-state index is 0.0323. The van der Waals surface area contributed by atoms with Gasteiger partial charge in [0.05, 0.1) is 12.7 Å². The molecule has 0 spiro atoms. The molecule has 4 rings (SSSR count). The molecule has 4 nitrogen and oxygen atoms in total. The number of aromatic carboxylic acids is 1. The smallest absolute Gasteiger partial charge is 0.345 e. The van der Waals surface area contributed by atoms with Crippen LogP contribution in [0.4, 0.5) is 0 Å². The zero-order chi connectivity index (χ0) is 21.1. The molecular weight excluding hydrogens is 420 g/mol. The van der Waals surface area contributed by atoms with Gasteiger partial charge in [-0.1, -0.05) is 12.1 Å². The maximum absolute atomic E-state index is 11.0. The molecule has 1 aromatic heterocycles. The standard InChI is InChI=1S/C24H29ClO4S/c25-20-13-21(26)19(14-29-22-10-3-6-15-5-1-2-8-17(15)22)18(20)9-4-7-16-11-12-23(30-16)24(27)28/h3,6,10-12,18-21,26H,1-2,4-5,7-9,13-14H2,(H,27,28)/t18-,19-,20-,21-/m1/s1. The quantitative estimate of drug-likeness (QED) is 0.535. The fourth-order valence-corrected chi connectivity index (χ4v) is 6.35. The molecule has 0 bridgehead atoms. The van der Waals surface area contributed by atoms with Crippen LogP contribution in [-0.4, -0.2) is 34.3 Å². The molecule has 2 N–H and O–H groups in total. The van der Waals surface area contributed by atoms with Crippen molar-refractivity contribution in [1.29, 1.82) is 0 Å². The summed E-state index contributed by atoms with van der Waals surface area (Å²) in [5, 5.41) is 19.6. The van der Waals surface area contributed by atoms with E-state index >= 15 is 0 Å².